The van der Waals surface area contributed by atoms with Gasteiger partial charge in [0.05, 0.1) is 0 Å². The molecule has 0 saturated heterocycles. The summed E-state index contributed by atoms with van der Waals surface area (Å²) < 4.78 is 83.0. The molecule has 0 aliphatic carbocycles. The normalized spacial score (nSPS) is 12.8. The molecular weight excluding hydrogens is 368 g/mol. The SMILES string of the molecule is O=C(NCCNC(=O)C(F)(F)S(=O)(=O)O)C(F)(F)SOOO. The predicted molar refractivity (Wildman–Crippen MR) is 59.9 cm³/mol. The lowest BCUT2D eigenvalue weighted by molar-refractivity contribution is -0.433. The predicted octanol–water partition coefficient (Wildman–Crippen LogP) is -0.638. The molecule has 0 spiro atoms. The molecule has 0 fully saturated rings. The molecule has 0 radical (unpaired) electrons. The van der Waals surface area contributed by atoms with Crippen LogP contribution in [0.4, 0.5) is 17.6 Å². The van der Waals surface area contributed by atoms with Gasteiger partial charge in [-0.1, -0.05) is 5.04 Å². The van der Waals surface area contributed by atoms with E-state index in [1.165, 1.54) is 10.6 Å². The second-order valence-electron chi connectivity index (χ2n) is 3.25. The van der Waals surface area contributed by atoms with E-state index in [0.29, 0.717) is 0 Å². The molecule has 0 unspecified atom stereocenters. The average molecular weight is 376 g/mol. The van der Waals surface area contributed by atoms with Gasteiger partial charge in [-0.15, -0.1) is 4.33 Å². The van der Waals surface area contributed by atoms with Gasteiger partial charge in [-0.05, 0) is 0 Å². The molecule has 0 saturated carbocycles. The number of hydrogen-bond donors (Lipinski definition) is 4. The Morgan fingerprint density at radius 3 is 1.95 bits per heavy atom. The van der Waals surface area contributed by atoms with E-state index in [0.717, 1.165) is 0 Å². The van der Waals surface area contributed by atoms with Crippen LogP contribution in [-0.2, 0) is 29.1 Å². The molecular formula is C6H8F4N2O8S2. The van der Waals surface area contributed by atoms with Gasteiger partial charge in [-0.25, -0.2) is 5.26 Å². The Bertz CT molecular complexity index is 513. The van der Waals surface area contributed by atoms with Crippen molar-refractivity contribution in [3.8, 4) is 0 Å². The van der Waals surface area contributed by atoms with Gasteiger partial charge in [-0.3, -0.25) is 14.1 Å². The Kier molecular flexibility index (Phi) is 7.45. The highest BCUT2D eigenvalue weighted by Gasteiger charge is 2.52. The summed E-state index contributed by atoms with van der Waals surface area (Å²) in [6.45, 7) is -1.64. The van der Waals surface area contributed by atoms with Crippen LogP contribution in [0.5, 0.6) is 0 Å². The van der Waals surface area contributed by atoms with Crippen molar-refractivity contribution >= 4 is 34.0 Å². The van der Waals surface area contributed by atoms with E-state index in [-0.39, 0.29) is 0 Å². The van der Waals surface area contributed by atoms with Crippen molar-refractivity contribution in [1.82, 2.24) is 10.6 Å². The zero-order chi connectivity index (χ0) is 17.6. The van der Waals surface area contributed by atoms with Crippen LogP contribution >= 0.6 is 12.0 Å². The number of nitrogens with one attached hydrogen (secondary N) is 2. The van der Waals surface area contributed by atoms with Crippen molar-refractivity contribution in [2.75, 3.05) is 13.1 Å². The topological polar surface area (TPSA) is 151 Å². The summed E-state index contributed by atoms with van der Waals surface area (Å²) in [4.78, 5) is 21.6. The van der Waals surface area contributed by atoms with E-state index in [2.05, 4.69) is 9.37 Å². The lowest BCUT2D eigenvalue weighted by Gasteiger charge is -2.14. The maximum atomic E-state index is 12.9. The van der Waals surface area contributed by atoms with Gasteiger partial charge in [0.2, 0.25) is 0 Å². The van der Waals surface area contributed by atoms with Crippen molar-refractivity contribution in [2.24, 2.45) is 0 Å². The summed E-state index contributed by atoms with van der Waals surface area (Å²) >= 11 is -0.879. The summed E-state index contributed by atoms with van der Waals surface area (Å²) in [6.07, 6.45) is 0. The molecule has 0 aliphatic heterocycles. The minimum atomic E-state index is -6.00. The molecule has 2 amide bonds. The Labute approximate surface area is 123 Å². The fourth-order valence-electron chi connectivity index (χ4n) is 0.771. The molecule has 0 aromatic heterocycles. The molecule has 130 valence electrons. The molecule has 4 N–H and O–H groups in total. The Morgan fingerprint density at radius 1 is 1.09 bits per heavy atom. The molecule has 0 aliphatic rings. The number of hydrogen-bond acceptors (Lipinski definition) is 8. The number of halogens is 4. The third-order valence-electron chi connectivity index (χ3n) is 1.72. The molecule has 0 rings (SSSR count). The monoisotopic (exact) mass is 376 g/mol. The molecule has 16 heteroatoms. The third-order valence-corrected chi connectivity index (χ3v) is 3.07. The summed E-state index contributed by atoms with van der Waals surface area (Å²) in [6, 6.07) is 0. The molecule has 22 heavy (non-hydrogen) atoms. The maximum absolute atomic E-state index is 12.9. The number of alkyl halides is 4. The zero-order valence-corrected chi connectivity index (χ0v) is 11.7. The Balaban J connectivity index is 4.29. The van der Waals surface area contributed by atoms with E-state index < -0.39 is 57.6 Å². The first kappa shape index (κ1) is 20.8. The first-order valence-electron chi connectivity index (χ1n) is 4.81. The van der Waals surface area contributed by atoms with Gasteiger partial charge in [0.1, 0.15) is 12.0 Å². The quantitative estimate of drug-likeness (QED) is 0.103. The third kappa shape index (κ3) is 5.89. The highest BCUT2D eigenvalue weighted by atomic mass is 32.2. The van der Waals surface area contributed by atoms with Crippen molar-refractivity contribution < 1.29 is 54.8 Å². The van der Waals surface area contributed by atoms with Crippen molar-refractivity contribution in [3.05, 3.63) is 0 Å². The van der Waals surface area contributed by atoms with Crippen LogP contribution in [0.2, 0.25) is 0 Å². The zero-order valence-electron chi connectivity index (χ0n) is 10.1. The first-order valence-corrected chi connectivity index (χ1v) is 6.99. The fraction of sp³-hybridized carbons (Fsp3) is 0.667. The van der Waals surface area contributed by atoms with Crippen molar-refractivity contribution in [3.63, 3.8) is 0 Å². The second kappa shape index (κ2) is 7.88. The highest BCUT2D eigenvalue weighted by Crippen LogP contribution is 2.29. The van der Waals surface area contributed by atoms with Crippen LogP contribution in [0.3, 0.4) is 0 Å². The number of rotatable bonds is 9. The second-order valence-corrected chi connectivity index (χ2v) is 5.52. The fourth-order valence-corrected chi connectivity index (χ4v) is 1.34. The Hall–Kier alpha value is -1.20. The smallest absolute Gasteiger partial charge is 0.348 e. The van der Waals surface area contributed by atoms with Crippen LogP contribution in [0.1, 0.15) is 0 Å². The summed E-state index contributed by atoms with van der Waals surface area (Å²) in [5.74, 6) is -4.40. The summed E-state index contributed by atoms with van der Waals surface area (Å²) in [7, 11) is -6.00. The molecule has 0 heterocycles. The van der Waals surface area contributed by atoms with Crippen LogP contribution in [-0.4, -0.2) is 53.6 Å². The molecule has 0 bridgehead atoms. The molecule has 0 aromatic rings. The lowest BCUT2D eigenvalue weighted by Crippen LogP contribution is -2.48. The molecule has 10 nitrogen and oxygen atoms in total. The molecule has 0 aromatic carbocycles. The van der Waals surface area contributed by atoms with Gasteiger partial charge in [-0.2, -0.15) is 26.0 Å². The van der Waals surface area contributed by atoms with Crippen LogP contribution in [0.25, 0.3) is 0 Å². The first-order chi connectivity index (χ1) is 9.86. The standard InChI is InChI=1S/C6H8F4N2O8S2/c7-5(8,21-20-19-15)3(13)11-1-2-12-4(14)6(9,10)22(16,17)18/h15H,1-2H2,(H,11,13)(H,12,14)(H,16,17,18). The van der Waals surface area contributed by atoms with Crippen molar-refractivity contribution in [1.29, 1.82) is 0 Å². The lowest BCUT2D eigenvalue weighted by atomic mass is 10.5. The van der Waals surface area contributed by atoms with Gasteiger partial charge in [0, 0.05) is 13.1 Å². The van der Waals surface area contributed by atoms with E-state index >= 15 is 0 Å². The van der Waals surface area contributed by atoms with Crippen LogP contribution in [0.15, 0.2) is 0 Å². The number of amides is 2. The van der Waals surface area contributed by atoms with Gasteiger partial charge in [0.15, 0.2) is 0 Å². The van der Waals surface area contributed by atoms with Crippen LogP contribution < -0.4 is 10.6 Å². The minimum absolute atomic E-state index is 0.789. The Morgan fingerprint density at radius 2 is 1.55 bits per heavy atom. The summed E-state index contributed by atoms with van der Waals surface area (Å²) in [5, 5.41) is 3.88. The van der Waals surface area contributed by atoms with Gasteiger partial charge >= 0.3 is 32.4 Å². The average Bonchev–Trinajstić information content (AvgIpc) is 2.39. The van der Waals surface area contributed by atoms with E-state index in [9.17, 15) is 35.6 Å². The summed E-state index contributed by atoms with van der Waals surface area (Å²) in [5.41, 5.74) is 0. The van der Waals surface area contributed by atoms with Crippen molar-refractivity contribution in [2.45, 2.75) is 10.5 Å². The minimum Gasteiger partial charge on any atom is -0.348 e. The largest absolute Gasteiger partial charge is 0.446 e. The molecule has 0 atom stereocenters. The highest BCUT2D eigenvalue weighted by molar-refractivity contribution is 7.96. The van der Waals surface area contributed by atoms with Gasteiger partial charge < -0.3 is 10.6 Å². The number of carbonyl (C=O) groups excluding carboxylic acids is 2. The van der Waals surface area contributed by atoms with E-state index in [1.54, 1.807) is 0 Å². The maximum Gasteiger partial charge on any atom is 0.446 e. The van der Waals surface area contributed by atoms with Crippen LogP contribution in [0, 0.1) is 0 Å². The van der Waals surface area contributed by atoms with Gasteiger partial charge in [0.25, 0.3) is 0 Å². The number of carbonyl (C=O) groups is 2. The van der Waals surface area contributed by atoms with E-state index in [4.69, 9.17) is 9.81 Å². The van der Waals surface area contributed by atoms with E-state index in [1.807, 2.05) is 0 Å².